The van der Waals surface area contributed by atoms with E-state index in [1.165, 1.54) is 16.6 Å². The molecule has 1 aliphatic rings. The predicted molar refractivity (Wildman–Crippen MR) is 115 cm³/mol. The van der Waals surface area contributed by atoms with Crippen LogP contribution in [0.2, 0.25) is 0 Å². The predicted octanol–water partition coefficient (Wildman–Crippen LogP) is 4.61. The average molecular weight is 451 g/mol. The Morgan fingerprint density at radius 2 is 1.59 bits per heavy atom. The largest absolute Gasteiger partial charge is 0.497 e. The zero-order valence-electron chi connectivity index (χ0n) is 18.9. The minimum absolute atomic E-state index is 0.00544. The number of nitrogens with zero attached hydrogens (tertiary/aromatic N) is 3. The Morgan fingerprint density at radius 1 is 1.03 bits per heavy atom. The molecular weight excluding hydrogens is 423 g/mol. The van der Waals surface area contributed by atoms with Crippen LogP contribution in [-0.2, 0) is 23.1 Å². The van der Waals surface area contributed by atoms with E-state index in [-0.39, 0.29) is 24.3 Å². The molecule has 0 N–H and O–H groups in total. The number of ether oxygens (including phenoxy) is 1. The van der Waals surface area contributed by atoms with Gasteiger partial charge in [-0.3, -0.25) is 19.1 Å². The van der Waals surface area contributed by atoms with Gasteiger partial charge in [0.2, 0.25) is 5.95 Å². The fourth-order valence-corrected chi connectivity index (χ4v) is 4.48. The van der Waals surface area contributed by atoms with Gasteiger partial charge in [-0.1, -0.05) is 39.8 Å². The number of methoxy groups -OCH3 is 1. The molecule has 0 bridgehead atoms. The Labute approximate surface area is 185 Å². The van der Waals surface area contributed by atoms with E-state index in [2.05, 4.69) is 4.98 Å². The number of alkyl halides is 3. The summed E-state index contributed by atoms with van der Waals surface area (Å²) in [7, 11) is 1.52. The van der Waals surface area contributed by atoms with Crippen LogP contribution in [0.5, 0.6) is 5.75 Å². The molecule has 2 heterocycles. The van der Waals surface area contributed by atoms with Crippen LogP contribution in [0, 0.1) is 11.8 Å². The van der Waals surface area contributed by atoms with E-state index in [0.29, 0.717) is 30.2 Å². The third-order valence-electron chi connectivity index (χ3n) is 5.50. The van der Waals surface area contributed by atoms with E-state index < -0.39 is 28.9 Å². The van der Waals surface area contributed by atoms with Crippen LogP contribution in [-0.4, -0.2) is 22.6 Å². The maximum absolute atomic E-state index is 13.8. The third-order valence-corrected chi connectivity index (χ3v) is 5.50. The van der Waals surface area contributed by atoms with Crippen molar-refractivity contribution in [3.8, 4) is 5.75 Å². The highest BCUT2D eigenvalue weighted by molar-refractivity contribution is 6.01. The molecule has 0 radical (unpaired) electrons. The quantitative estimate of drug-likeness (QED) is 0.617. The Bertz CT molecular complexity index is 1030. The first kappa shape index (κ1) is 23.8. The summed E-state index contributed by atoms with van der Waals surface area (Å²) in [5.41, 5.74) is -2.76. The molecule has 32 heavy (non-hydrogen) atoms. The highest BCUT2D eigenvalue weighted by Gasteiger charge is 2.53. The molecular formula is C23H28F3N3O3. The second kappa shape index (κ2) is 8.60. The minimum atomic E-state index is -4.80. The zero-order chi connectivity index (χ0) is 23.8. The van der Waals surface area contributed by atoms with Crippen molar-refractivity contribution in [1.29, 1.82) is 0 Å². The fraction of sp³-hybridized carbons (Fsp3) is 0.522. The first-order chi connectivity index (χ1) is 14.9. The van der Waals surface area contributed by atoms with Gasteiger partial charge in [-0.2, -0.15) is 13.2 Å². The second-order valence-corrected chi connectivity index (χ2v) is 9.08. The lowest BCUT2D eigenvalue weighted by Gasteiger charge is -2.32. The number of hydrogen-bond donors (Lipinski definition) is 0. The van der Waals surface area contributed by atoms with E-state index in [0.717, 1.165) is 0 Å². The molecule has 0 unspecified atom stereocenters. The highest BCUT2D eigenvalue weighted by Crippen LogP contribution is 2.43. The molecule has 3 rings (SSSR count). The highest BCUT2D eigenvalue weighted by atomic mass is 19.4. The number of halogens is 3. The number of carbonyl (C=O) groups is 1. The van der Waals surface area contributed by atoms with Crippen LogP contribution in [0.3, 0.4) is 0 Å². The van der Waals surface area contributed by atoms with Gasteiger partial charge in [-0.15, -0.1) is 0 Å². The van der Waals surface area contributed by atoms with Crippen LogP contribution in [0.15, 0.2) is 35.1 Å². The Kier molecular flexibility index (Phi) is 6.40. The Hall–Kier alpha value is -2.84. The second-order valence-electron chi connectivity index (χ2n) is 9.08. The molecule has 1 aliphatic heterocycles. The van der Waals surface area contributed by atoms with Crippen molar-refractivity contribution < 1.29 is 22.7 Å². The SMILES string of the molecule is COc1ccc(CN2C(=O)C(CC(C)C)(CC(C)C)n3c2nc(C(F)(F)F)cc3=O)cc1. The molecule has 0 saturated carbocycles. The van der Waals surface area contributed by atoms with Crippen molar-refractivity contribution >= 4 is 11.9 Å². The number of carbonyl (C=O) groups excluding carboxylic acids is 1. The van der Waals surface area contributed by atoms with Gasteiger partial charge in [0.05, 0.1) is 13.7 Å². The number of aromatic nitrogens is 2. The summed E-state index contributed by atoms with van der Waals surface area (Å²) < 4.78 is 46.7. The minimum Gasteiger partial charge on any atom is -0.497 e. The van der Waals surface area contributed by atoms with Crippen molar-refractivity contribution in [2.75, 3.05) is 12.0 Å². The first-order valence-corrected chi connectivity index (χ1v) is 10.6. The standard InChI is InChI=1S/C23H28F3N3O3/c1-14(2)11-22(12-15(3)4)20(31)28(13-16-6-8-17(32-5)9-7-16)21-27-18(23(24,25)26)10-19(30)29(21)22/h6-10,14-15H,11-13H2,1-5H3. The molecule has 0 spiro atoms. The molecule has 9 heteroatoms. The molecule has 2 aromatic rings. The number of rotatable bonds is 7. The Balaban J connectivity index is 2.21. The van der Waals surface area contributed by atoms with Crippen LogP contribution >= 0.6 is 0 Å². The van der Waals surface area contributed by atoms with Crippen molar-refractivity contribution in [3.63, 3.8) is 0 Å². The summed E-state index contributed by atoms with van der Waals surface area (Å²) in [4.78, 5) is 31.8. The molecule has 0 saturated heterocycles. The maximum atomic E-state index is 13.8. The molecule has 1 aromatic carbocycles. The Morgan fingerprint density at radius 3 is 2.06 bits per heavy atom. The van der Waals surface area contributed by atoms with Gasteiger partial charge in [-0.05, 0) is 42.4 Å². The molecule has 0 atom stereocenters. The van der Waals surface area contributed by atoms with Gasteiger partial charge in [0.15, 0.2) is 5.69 Å². The fourth-order valence-electron chi connectivity index (χ4n) is 4.48. The molecule has 174 valence electrons. The van der Waals surface area contributed by atoms with E-state index in [1.807, 2.05) is 27.7 Å². The maximum Gasteiger partial charge on any atom is 0.433 e. The van der Waals surface area contributed by atoms with E-state index in [9.17, 15) is 22.8 Å². The lowest BCUT2D eigenvalue weighted by atomic mass is 9.81. The number of amides is 1. The molecule has 1 aromatic heterocycles. The van der Waals surface area contributed by atoms with Gasteiger partial charge >= 0.3 is 6.18 Å². The molecule has 1 amide bonds. The number of fused-ring (bicyclic) bond motifs is 1. The van der Waals surface area contributed by atoms with Crippen molar-refractivity contribution in [1.82, 2.24) is 9.55 Å². The van der Waals surface area contributed by atoms with Gasteiger partial charge in [-0.25, -0.2) is 4.98 Å². The molecule has 6 nitrogen and oxygen atoms in total. The van der Waals surface area contributed by atoms with Crippen LogP contribution in [0.4, 0.5) is 19.1 Å². The summed E-state index contributed by atoms with van der Waals surface area (Å²) in [5, 5.41) is 0. The molecule has 0 aliphatic carbocycles. The van der Waals surface area contributed by atoms with Crippen LogP contribution in [0.1, 0.15) is 51.8 Å². The summed E-state index contributed by atoms with van der Waals surface area (Å²) in [6.07, 6.45) is -4.16. The lowest BCUT2D eigenvalue weighted by Crippen LogP contribution is -2.47. The van der Waals surface area contributed by atoms with Crippen LogP contribution in [0.25, 0.3) is 0 Å². The van der Waals surface area contributed by atoms with E-state index in [4.69, 9.17) is 4.74 Å². The summed E-state index contributed by atoms with van der Waals surface area (Å²) in [6, 6.07) is 7.36. The topological polar surface area (TPSA) is 64.4 Å². The summed E-state index contributed by atoms with van der Waals surface area (Å²) in [5.74, 6) is 0.0116. The van der Waals surface area contributed by atoms with Crippen molar-refractivity contribution in [2.24, 2.45) is 11.8 Å². The van der Waals surface area contributed by atoms with Gasteiger partial charge in [0.25, 0.3) is 11.5 Å². The van der Waals surface area contributed by atoms with Gasteiger partial charge in [0.1, 0.15) is 11.3 Å². The third kappa shape index (κ3) is 4.38. The van der Waals surface area contributed by atoms with Gasteiger partial charge < -0.3 is 4.74 Å². The van der Waals surface area contributed by atoms with Crippen molar-refractivity contribution in [3.05, 3.63) is 51.9 Å². The number of anilines is 1. The monoisotopic (exact) mass is 451 g/mol. The zero-order valence-corrected chi connectivity index (χ0v) is 18.9. The van der Waals surface area contributed by atoms with E-state index >= 15 is 0 Å². The first-order valence-electron chi connectivity index (χ1n) is 10.6. The van der Waals surface area contributed by atoms with Crippen molar-refractivity contribution in [2.45, 2.75) is 58.8 Å². The summed E-state index contributed by atoms with van der Waals surface area (Å²) >= 11 is 0. The lowest BCUT2D eigenvalue weighted by molar-refractivity contribution is -0.141. The smallest absolute Gasteiger partial charge is 0.433 e. The summed E-state index contributed by atoms with van der Waals surface area (Å²) in [6.45, 7) is 7.68. The average Bonchev–Trinajstić information content (AvgIpc) is 2.89. The molecule has 0 fully saturated rings. The number of hydrogen-bond acceptors (Lipinski definition) is 4. The van der Waals surface area contributed by atoms with Gasteiger partial charge in [0, 0.05) is 6.07 Å². The van der Waals surface area contributed by atoms with Crippen LogP contribution < -0.4 is 15.2 Å². The van der Waals surface area contributed by atoms with E-state index in [1.54, 1.807) is 24.3 Å². The number of benzene rings is 1. The normalized spacial score (nSPS) is 15.6.